The number of rotatable bonds is 4. The first-order chi connectivity index (χ1) is 11.4. The molecule has 0 saturated carbocycles. The van der Waals surface area contributed by atoms with Gasteiger partial charge in [-0.05, 0) is 29.8 Å². The third-order valence-electron chi connectivity index (χ3n) is 3.85. The van der Waals surface area contributed by atoms with Crippen LogP contribution < -0.4 is 4.74 Å². The quantitative estimate of drug-likeness (QED) is 0.853. The molecule has 1 unspecified atom stereocenters. The molecule has 24 heavy (non-hydrogen) atoms. The van der Waals surface area contributed by atoms with Crippen LogP contribution in [0.4, 0.5) is 4.39 Å². The summed E-state index contributed by atoms with van der Waals surface area (Å²) in [6.45, 7) is 0. The Kier molecular flexibility index (Phi) is 4.28. The lowest BCUT2D eigenvalue weighted by atomic mass is 9.99. The highest BCUT2D eigenvalue weighted by Crippen LogP contribution is 2.35. The van der Waals surface area contributed by atoms with Crippen molar-refractivity contribution in [3.8, 4) is 5.75 Å². The van der Waals surface area contributed by atoms with Crippen LogP contribution in [0, 0.1) is 5.82 Å². The monoisotopic (exact) mass is 348 g/mol. The molecule has 1 aliphatic rings. The highest BCUT2D eigenvalue weighted by molar-refractivity contribution is 7.88. The van der Waals surface area contributed by atoms with Gasteiger partial charge in [-0.3, -0.25) is 0 Å². The van der Waals surface area contributed by atoms with E-state index in [4.69, 9.17) is 4.74 Å². The molecule has 1 atom stereocenters. The first-order valence-electron chi connectivity index (χ1n) is 7.35. The number of benzene rings is 2. The van der Waals surface area contributed by atoms with Crippen LogP contribution >= 0.6 is 0 Å². The first kappa shape index (κ1) is 16.4. The van der Waals surface area contributed by atoms with Crippen molar-refractivity contribution in [3.05, 3.63) is 65.5 Å². The molecular formula is C17H17FN2O3S. The predicted molar refractivity (Wildman–Crippen MR) is 90.0 cm³/mol. The molecule has 5 nitrogen and oxygen atoms in total. The Balaban J connectivity index is 2.01. The van der Waals surface area contributed by atoms with Crippen LogP contribution in [0.3, 0.4) is 0 Å². The molecule has 0 aliphatic carbocycles. The van der Waals surface area contributed by atoms with Gasteiger partial charge in [0.05, 0.1) is 25.1 Å². The van der Waals surface area contributed by atoms with E-state index in [-0.39, 0.29) is 0 Å². The lowest BCUT2D eigenvalue weighted by Crippen LogP contribution is -2.26. The standard InChI is InChI=1S/C17H17FN2O3S/c1-23-15-8-4-5-12(10-15)16-11-17(20(19-16)24(2,21)22)13-6-3-7-14(18)9-13/h3-10,17H,11H2,1-2H3. The SMILES string of the molecule is COc1cccc(C2=NN(S(C)(=O)=O)C(c3cccc(F)c3)C2)c1. The largest absolute Gasteiger partial charge is 0.497 e. The Morgan fingerprint density at radius 3 is 2.62 bits per heavy atom. The molecule has 126 valence electrons. The Hall–Kier alpha value is -2.41. The van der Waals surface area contributed by atoms with E-state index in [1.54, 1.807) is 31.4 Å². The Morgan fingerprint density at radius 1 is 1.21 bits per heavy atom. The van der Waals surface area contributed by atoms with E-state index < -0.39 is 21.9 Å². The van der Waals surface area contributed by atoms with Gasteiger partial charge in [0.2, 0.25) is 10.0 Å². The topological polar surface area (TPSA) is 59.0 Å². The van der Waals surface area contributed by atoms with Crippen molar-refractivity contribution >= 4 is 15.7 Å². The zero-order valence-corrected chi connectivity index (χ0v) is 14.1. The number of halogens is 1. The van der Waals surface area contributed by atoms with Gasteiger partial charge in [-0.1, -0.05) is 24.3 Å². The second kappa shape index (κ2) is 6.24. The molecule has 0 aromatic heterocycles. The molecule has 0 spiro atoms. The molecule has 2 aromatic carbocycles. The molecule has 0 saturated heterocycles. The maximum Gasteiger partial charge on any atom is 0.247 e. The molecule has 0 radical (unpaired) electrons. The minimum absolute atomic E-state index is 0.365. The molecule has 0 N–H and O–H groups in total. The summed E-state index contributed by atoms with van der Waals surface area (Å²) >= 11 is 0. The van der Waals surface area contributed by atoms with Gasteiger partial charge in [-0.2, -0.15) is 9.52 Å². The lowest BCUT2D eigenvalue weighted by molar-refractivity contribution is 0.373. The van der Waals surface area contributed by atoms with Crippen molar-refractivity contribution in [1.82, 2.24) is 4.41 Å². The number of hydrogen-bond acceptors (Lipinski definition) is 4. The van der Waals surface area contributed by atoms with Gasteiger partial charge in [0, 0.05) is 12.0 Å². The molecule has 1 aliphatic heterocycles. The lowest BCUT2D eigenvalue weighted by Gasteiger charge is -2.21. The summed E-state index contributed by atoms with van der Waals surface area (Å²) in [7, 11) is -2.01. The summed E-state index contributed by atoms with van der Waals surface area (Å²) < 4.78 is 44.0. The summed E-state index contributed by atoms with van der Waals surface area (Å²) in [4.78, 5) is 0. The van der Waals surface area contributed by atoms with Crippen molar-refractivity contribution in [1.29, 1.82) is 0 Å². The molecular weight excluding hydrogens is 331 g/mol. The van der Waals surface area contributed by atoms with E-state index in [0.717, 1.165) is 16.2 Å². The maximum absolute atomic E-state index is 13.5. The van der Waals surface area contributed by atoms with Crippen molar-refractivity contribution in [2.75, 3.05) is 13.4 Å². The number of nitrogens with zero attached hydrogens (tertiary/aromatic N) is 2. The third-order valence-corrected chi connectivity index (χ3v) is 4.86. The van der Waals surface area contributed by atoms with Crippen molar-refractivity contribution in [2.45, 2.75) is 12.5 Å². The number of methoxy groups -OCH3 is 1. The van der Waals surface area contributed by atoms with Crippen LogP contribution in [0.25, 0.3) is 0 Å². The number of hydrazone groups is 1. The molecule has 0 fully saturated rings. The van der Waals surface area contributed by atoms with Gasteiger partial charge < -0.3 is 4.74 Å². The second-order valence-electron chi connectivity index (χ2n) is 5.59. The zero-order valence-electron chi connectivity index (χ0n) is 13.3. The minimum Gasteiger partial charge on any atom is -0.497 e. The predicted octanol–water partition coefficient (Wildman–Crippen LogP) is 2.95. The molecule has 2 aromatic rings. The van der Waals surface area contributed by atoms with Gasteiger partial charge >= 0.3 is 0 Å². The van der Waals surface area contributed by atoms with Gasteiger partial charge in [-0.15, -0.1) is 0 Å². The number of ether oxygens (including phenoxy) is 1. The Bertz CT molecular complexity index is 896. The average molecular weight is 348 g/mol. The zero-order chi connectivity index (χ0) is 17.3. The van der Waals surface area contributed by atoms with Crippen molar-refractivity contribution < 1.29 is 17.5 Å². The van der Waals surface area contributed by atoms with E-state index >= 15 is 0 Å². The fraction of sp³-hybridized carbons (Fsp3) is 0.235. The normalized spacial score (nSPS) is 17.7. The maximum atomic E-state index is 13.5. The number of hydrogen-bond donors (Lipinski definition) is 0. The highest BCUT2D eigenvalue weighted by Gasteiger charge is 2.34. The van der Waals surface area contributed by atoms with Gasteiger partial charge in [0.1, 0.15) is 11.6 Å². The van der Waals surface area contributed by atoms with Crippen molar-refractivity contribution in [2.24, 2.45) is 5.10 Å². The summed E-state index contributed by atoms with van der Waals surface area (Å²) in [5.41, 5.74) is 1.97. The Labute approximate surface area is 140 Å². The van der Waals surface area contributed by atoms with E-state index in [2.05, 4.69) is 5.10 Å². The van der Waals surface area contributed by atoms with Gasteiger partial charge in [0.25, 0.3) is 0 Å². The van der Waals surface area contributed by atoms with Crippen LogP contribution in [0.5, 0.6) is 5.75 Å². The van der Waals surface area contributed by atoms with Crippen LogP contribution in [0.15, 0.2) is 53.6 Å². The molecule has 1 heterocycles. The van der Waals surface area contributed by atoms with Crippen LogP contribution in [0.2, 0.25) is 0 Å². The fourth-order valence-corrected chi connectivity index (χ4v) is 3.64. The van der Waals surface area contributed by atoms with E-state index in [9.17, 15) is 12.8 Å². The van der Waals surface area contributed by atoms with E-state index in [0.29, 0.717) is 23.4 Å². The molecule has 3 rings (SSSR count). The van der Waals surface area contributed by atoms with Crippen LogP contribution in [0.1, 0.15) is 23.6 Å². The van der Waals surface area contributed by atoms with Gasteiger partial charge in [-0.25, -0.2) is 12.8 Å². The first-order valence-corrected chi connectivity index (χ1v) is 9.20. The molecule has 7 heteroatoms. The van der Waals surface area contributed by atoms with Gasteiger partial charge in [0.15, 0.2) is 0 Å². The average Bonchev–Trinajstić information content (AvgIpc) is 3.00. The summed E-state index contributed by atoms with van der Waals surface area (Å²) in [5.74, 6) is 0.256. The smallest absolute Gasteiger partial charge is 0.247 e. The highest BCUT2D eigenvalue weighted by atomic mass is 32.2. The molecule has 0 bridgehead atoms. The fourth-order valence-electron chi connectivity index (χ4n) is 2.73. The second-order valence-corrected chi connectivity index (χ2v) is 7.43. The van der Waals surface area contributed by atoms with Crippen LogP contribution in [-0.2, 0) is 10.0 Å². The summed E-state index contributed by atoms with van der Waals surface area (Å²) in [6, 6.07) is 12.6. The van der Waals surface area contributed by atoms with E-state index in [1.807, 2.05) is 12.1 Å². The Morgan fingerprint density at radius 2 is 1.96 bits per heavy atom. The van der Waals surface area contributed by atoms with Crippen LogP contribution in [-0.4, -0.2) is 31.9 Å². The molecule has 0 amide bonds. The van der Waals surface area contributed by atoms with Crippen molar-refractivity contribution in [3.63, 3.8) is 0 Å². The third kappa shape index (κ3) is 3.26. The number of sulfonamides is 1. The summed E-state index contributed by atoms with van der Waals surface area (Å²) in [5, 5.41) is 4.28. The minimum atomic E-state index is -3.58. The summed E-state index contributed by atoms with van der Waals surface area (Å²) in [6.07, 6.45) is 1.46. The van der Waals surface area contributed by atoms with E-state index in [1.165, 1.54) is 12.1 Å².